The molecule has 6 nitrogen and oxygen atoms in total. The fourth-order valence-electron chi connectivity index (χ4n) is 3.71. The Kier molecular flexibility index (Phi) is 6.95. The first-order valence-corrected chi connectivity index (χ1v) is 9.85. The van der Waals surface area contributed by atoms with Gasteiger partial charge in [0, 0.05) is 16.8 Å². The van der Waals surface area contributed by atoms with Crippen LogP contribution in [0, 0.1) is 5.82 Å². The van der Waals surface area contributed by atoms with E-state index in [0.29, 0.717) is 17.8 Å². The molecular weight excluding hydrogens is 373 g/mol. The Bertz CT molecular complexity index is 879. The Morgan fingerprint density at radius 1 is 1.07 bits per heavy atom. The molecule has 0 unspecified atom stereocenters. The smallest absolute Gasteiger partial charge is 0.279 e. The highest BCUT2D eigenvalue weighted by Crippen LogP contribution is 2.19. The van der Waals surface area contributed by atoms with Gasteiger partial charge in [0.05, 0.1) is 7.11 Å². The first kappa shape index (κ1) is 21.0. The first-order chi connectivity index (χ1) is 13.9. The van der Waals surface area contributed by atoms with Crippen LogP contribution in [0.1, 0.15) is 22.8 Å². The Balaban J connectivity index is 1.51. The van der Waals surface area contributed by atoms with Gasteiger partial charge in [-0.05, 0) is 43.3 Å². The van der Waals surface area contributed by atoms with Crippen LogP contribution in [-0.2, 0) is 11.3 Å². The van der Waals surface area contributed by atoms with Crippen LogP contribution in [-0.4, -0.2) is 51.5 Å². The van der Waals surface area contributed by atoms with E-state index in [9.17, 15) is 14.0 Å². The summed E-state index contributed by atoms with van der Waals surface area (Å²) in [5.41, 5.74) is 2.21. The van der Waals surface area contributed by atoms with Gasteiger partial charge in [-0.25, -0.2) is 4.39 Å². The molecule has 0 spiro atoms. The number of carbonyl (C=O) groups is 2. The predicted molar refractivity (Wildman–Crippen MR) is 108 cm³/mol. The molecular formula is C22H28FN3O3+2. The van der Waals surface area contributed by atoms with E-state index in [-0.39, 0.29) is 17.5 Å². The quantitative estimate of drug-likeness (QED) is 0.571. The minimum atomic E-state index is -0.364. The molecule has 1 heterocycles. The molecule has 0 atom stereocenters. The van der Waals surface area contributed by atoms with Crippen LogP contribution in [0.5, 0.6) is 5.75 Å². The second-order valence-electron chi connectivity index (χ2n) is 7.49. The van der Waals surface area contributed by atoms with Crippen LogP contribution < -0.4 is 19.9 Å². The number of ketones is 1. The summed E-state index contributed by atoms with van der Waals surface area (Å²) in [5, 5.41) is 2.76. The van der Waals surface area contributed by atoms with E-state index in [4.69, 9.17) is 4.74 Å². The monoisotopic (exact) mass is 401 g/mol. The topological polar surface area (TPSA) is 64.3 Å². The number of benzene rings is 2. The second kappa shape index (κ2) is 9.62. The van der Waals surface area contributed by atoms with Crippen molar-refractivity contribution in [2.24, 2.45) is 0 Å². The van der Waals surface area contributed by atoms with Crippen LogP contribution in [0.4, 0.5) is 10.1 Å². The van der Waals surface area contributed by atoms with Gasteiger partial charge in [-0.3, -0.25) is 9.59 Å². The molecule has 1 fully saturated rings. The molecule has 3 rings (SSSR count). The van der Waals surface area contributed by atoms with Gasteiger partial charge in [0.1, 0.15) is 44.3 Å². The number of piperazine rings is 1. The van der Waals surface area contributed by atoms with E-state index >= 15 is 0 Å². The van der Waals surface area contributed by atoms with Crippen molar-refractivity contribution in [3.63, 3.8) is 0 Å². The molecule has 29 heavy (non-hydrogen) atoms. The number of ether oxygens (including phenoxy) is 1. The fraction of sp³-hybridized carbons (Fsp3) is 0.364. The lowest BCUT2D eigenvalue weighted by molar-refractivity contribution is -1.02. The van der Waals surface area contributed by atoms with Gasteiger partial charge in [0.15, 0.2) is 12.3 Å². The molecule has 2 aromatic carbocycles. The van der Waals surface area contributed by atoms with E-state index in [1.165, 1.54) is 21.9 Å². The number of anilines is 1. The lowest BCUT2D eigenvalue weighted by Crippen LogP contribution is -3.28. The number of rotatable bonds is 7. The minimum absolute atomic E-state index is 0.0440. The van der Waals surface area contributed by atoms with Gasteiger partial charge in [0.25, 0.3) is 5.91 Å². The molecule has 3 N–H and O–H groups in total. The zero-order chi connectivity index (χ0) is 20.8. The average molecular weight is 401 g/mol. The van der Waals surface area contributed by atoms with Crippen molar-refractivity contribution >= 4 is 17.4 Å². The number of hydrogen-bond acceptors (Lipinski definition) is 3. The van der Waals surface area contributed by atoms with E-state index in [0.717, 1.165) is 44.0 Å². The third-order valence-electron chi connectivity index (χ3n) is 5.31. The van der Waals surface area contributed by atoms with Gasteiger partial charge in [-0.15, -0.1) is 0 Å². The molecule has 1 saturated heterocycles. The molecule has 1 amide bonds. The molecule has 0 aliphatic carbocycles. The summed E-state index contributed by atoms with van der Waals surface area (Å²) >= 11 is 0. The summed E-state index contributed by atoms with van der Waals surface area (Å²) in [5.74, 6) is 0.371. The van der Waals surface area contributed by atoms with Gasteiger partial charge in [-0.1, -0.05) is 6.07 Å². The summed E-state index contributed by atoms with van der Waals surface area (Å²) in [6, 6.07) is 11.5. The van der Waals surface area contributed by atoms with Crippen LogP contribution in [0.25, 0.3) is 0 Å². The number of carbonyl (C=O) groups excluding carboxylic acids is 2. The maximum Gasteiger partial charge on any atom is 0.279 e. The van der Waals surface area contributed by atoms with Crippen molar-refractivity contribution in [2.45, 2.75) is 13.5 Å². The highest BCUT2D eigenvalue weighted by Gasteiger charge is 2.26. The Hall–Kier alpha value is -2.77. The molecule has 0 bridgehead atoms. The largest absolute Gasteiger partial charge is 0.496 e. The zero-order valence-electron chi connectivity index (χ0n) is 16.9. The van der Waals surface area contributed by atoms with Gasteiger partial charge in [0.2, 0.25) is 0 Å². The lowest BCUT2D eigenvalue weighted by Gasteiger charge is -2.29. The van der Waals surface area contributed by atoms with Crippen molar-refractivity contribution in [3.05, 3.63) is 59.4 Å². The van der Waals surface area contributed by atoms with E-state index in [1.807, 2.05) is 12.1 Å². The highest BCUT2D eigenvalue weighted by atomic mass is 19.1. The summed E-state index contributed by atoms with van der Waals surface area (Å²) < 4.78 is 18.7. The Labute approximate surface area is 170 Å². The summed E-state index contributed by atoms with van der Waals surface area (Å²) in [4.78, 5) is 26.5. The lowest BCUT2D eigenvalue weighted by atomic mass is 10.1. The molecule has 154 valence electrons. The van der Waals surface area contributed by atoms with Crippen molar-refractivity contribution in [2.75, 3.05) is 45.2 Å². The van der Waals surface area contributed by atoms with Crippen molar-refractivity contribution in [1.82, 2.24) is 0 Å². The zero-order valence-corrected chi connectivity index (χ0v) is 16.9. The Morgan fingerprint density at radius 2 is 1.79 bits per heavy atom. The van der Waals surface area contributed by atoms with Gasteiger partial charge >= 0.3 is 0 Å². The third kappa shape index (κ3) is 5.85. The SMILES string of the molecule is COc1ccc(C(C)=O)cc1C[NH+]1CC[NH+](CC(=O)Nc2cccc(F)c2)CC1. The standard InChI is InChI=1S/C22H26FN3O3/c1-16(27)17-6-7-21(29-2)18(12-17)14-25-8-10-26(11-9-25)15-22(28)24-20-5-3-4-19(23)13-20/h3-7,12-13H,8-11,14-15H2,1-2H3,(H,24,28)/p+2. The molecule has 0 aromatic heterocycles. The van der Waals surface area contributed by atoms with Crippen LogP contribution >= 0.6 is 0 Å². The fourth-order valence-corrected chi connectivity index (χ4v) is 3.71. The predicted octanol–water partition coefficient (Wildman–Crippen LogP) is -0.0410. The Morgan fingerprint density at radius 3 is 2.45 bits per heavy atom. The summed E-state index contributed by atoms with van der Waals surface area (Å²) in [6.45, 7) is 6.32. The average Bonchev–Trinajstić information content (AvgIpc) is 2.69. The van der Waals surface area contributed by atoms with Crippen LogP contribution in [0.3, 0.4) is 0 Å². The molecule has 7 heteroatoms. The first-order valence-electron chi connectivity index (χ1n) is 9.85. The maximum absolute atomic E-state index is 13.2. The van der Waals surface area contributed by atoms with Crippen LogP contribution in [0.2, 0.25) is 0 Å². The summed E-state index contributed by atoms with van der Waals surface area (Å²) in [7, 11) is 1.64. The van der Waals surface area contributed by atoms with Gasteiger partial charge in [-0.2, -0.15) is 0 Å². The van der Waals surface area contributed by atoms with Crippen molar-refractivity contribution in [3.8, 4) is 5.75 Å². The normalized spacial score (nSPS) is 18.9. The number of quaternary nitrogens is 2. The molecule has 0 saturated carbocycles. The highest BCUT2D eigenvalue weighted by molar-refractivity contribution is 5.94. The number of amides is 1. The van der Waals surface area contributed by atoms with Gasteiger partial charge < -0.3 is 19.9 Å². The third-order valence-corrected chi connectivity index (χ3v) is 5.31. The minimum Gasteiger partial charge on any atom is -0.496 e. The van der Waals surface area contributed by atoms with Crippen molar-refractivity contribution in [1.29, 1.82) is 0 Å². The number of methoxy groups -OCH3 is 1. The number of nitrogens with one attached hydrogen (secondary N) is 3. The van der Waals surface area contributed by atoms with Crippen molar-refractivity contribution < 1.29 is 28.5 Å². The van der Waals surface area contributed by atoms with E-state index < -0.39 is 0 Å². The molecule has 1 aliphatic heterocycles. The van der Waals surface area contributed by atoms with Crippen LogP contribution in [0.15, 0.2) is 42.5 Å². The molecule has 2 aromatic rings. The number of halogens is 1. The van der Waals surface area contributed by atoms with E-state index in [2.05, 4.69) is 5.32 Å². The van der Waals surface area contributed by atoms with E-state index in [1.54, 1.807) is 32.2 Å². The molecule has 0 radical (unpaired) electrons. The summed E-state index contributed by atoms with van der Waals surface area (Å²) in [6.07, 6.45) is 0. The molecule has 1 aliphatic rings. The number of hydrogen-bond donors (Lipinski definition) is 3. The maximum atomic E-state index is 13.2. The number of Topliss-reactive ketones (excluding diaryl/α,β-unsaturated/α-hetero) is 1. The second-order valence-corrected chi connectivity index (χ2v) is 7.49.